The van der Waals surface area contributed by atoms with Gasteiger partial charge in [0.1, 0.15) is 0 Å². The lowest BCUT2D eigenvalue weighted by Gasteiger charge is -2.31. The van der Waals surface area contributed by atoms with Crippen molar-refractivity contribution < 1.29 is 9.59 Å². The van der Waals surface area contributed by atoms with Gasteiger partial charge in [0.2, 0.25) is 5.91 Å². The first-order valence-corrected chi connectivity index (χ1v) is 6.90. The molecule has 0 bridgehead atoms. The van der Waals surface area contributed by atoms with Crippen LogP contribution in [0.2, 0.25) is 0 Å². The number of carbonyl (C=O) groups is 2. The summed E-state index contributed by atoms with van der Waals surface area (Å²) >= 11 is 0. The summed E-state index contributed by atoms with van der Waals surface area (Å²) in [6.07, 6.45) is 2.63. The molecule has 0 saturated heterocycles. The van der Waals surface area contributed by atoms with Gasteiger partial charge in [-0.05, 0) is 25.2 Å². The SMILES string of the molecule is CC1CC(C(=O)NCCNC(=O)N(C)C)CCC1N. The molecule has 0 heterocycles. The molecule has 6 nitrogen and oxygen atoms in total. The van der Waals surface area contributed by atoms with E-state index >= 15 is 0 Å². The highest BCUT2D eigenvalue weighted by molar-refractivity contribution is 5.79. The van der Waals surface area contributed by atoms with Gasteiger partial charge in [-0.15, -0.1) is 0 Å². The smallest absolute Gasteiger partial charge is 0.316 e. The van der Waals surface area contributed by atoms with Crippen LogP contribution < -0.4 is 16.4 Å². The van der Waals surface area contributed by atoms with E-state index in [2.05, 4.69) is 17.6 Å². The van der Waals surface area contributed by atoms with Crippen LogP contribution in [-0.4, -0.2) is 50.1 Å². The van der Waals surface area contributed by atoms with Gasteiger partial charge in [0.05, 0.1) is 0 Å². The van der Waals surface area contributed by atoms with E-state index < -0.39 is 0 Å². The Bertz CT molecular complexity index is 320. The average Bonchev–Trinajstić information content (AvgIpc) is 2.37. The molecule has 6 heteroatoms. The summed E-state index contributed by atoms with van der Waals surface area (Å²) in [5, 5.41) is 5.58. The van der Waals surface area contributed by atoms with E-state index in [-0.39, 0.29) is 23.9 Å². The number of amides is 3. The van der Waals surface area contributed by atoms with Crippen molar-refractivity contribution in [2.45, 2.75) is 32.2 Å². The molecule has 1 aliphatic carbocycles. The topological polar surface area (TPSA) is 87.5 Å². The molecule has 110 valence electrons. The summed E-state index contributed by atoms with van der Waals surface area (Å²) in [7, 11) is 3.36. The number of urea groups is 1. The highest BCUT2D eigenvalue weighted by atomic mass is 16.2. The predicted molar refractivity (Wildman–Crippen MR) is 74.6 cm³/mol. The molecule has 0 aliphatic heterocycles. The van der Waals surface area contributed by atoms with E-state index in [4.69, 9.17) is 5.73 Å². The molecule has 1 aliphatic rings. The van der Waals surface area contributed by atoms with E-state index in [1.54, 1.807) is 14.1 Å². The molecule has 0 aromatic rings. The molecule has 0 spiro atoms. The third-order valence-corrected chi connectivity index (χ3v) is 3.71. The Kier molecular flexibility index (Phi) is 6.08. The molecular weight excluding hydrogens is 244 g/mol. The van der Waals surface area contributed by atoms with Gasteiger partial charge in [-0.2, -0.15) is 0 Å². The zero-order valence-corrected chi connectivity index (χ0v) is 12.1. The van der Waals surface area contributed by atoms with E-state index in [0.29, 0.717) is 19.0 Å². The number of rotatable bonds is 4. The first-order chi connectivity index (χ1) is 8.91. The molecule has 3 atom stereocenters. The van der Waals surface area contributed by atoms with Gasteiger partial charge in [-0.1, -0.05) is 6.92 Å². The average molecular weight is 270 g/mol. The Morgan fingerprint density at radius 2 is 1.84 bits per heavy atom. The number of nitrogens with two attached hydrogens (primary N) is 1. The summed E-state index contributed by atoms with van der Waals surface area (Å²) in [5.74, 6) is 0.551. The highest BCUT2D eigenvalue weighted by Gasteiger charge is 2.29. The molecule has 1 fully saturated rings. The molecule has 0 aromatic heterocycles. The maximum atomic E-state index is 12.0. The van der Waals surface area contributed by atoms with Crippen LogP contribution in [0, 0.1) is 11.8 Å². The van der Waals surface area contributed by atoms with Gasteiger partial charge in [0.25, 0.3) is 0 Å². The molecule has 0 radical (unpaired) electrons. The van der Waals surface area contributed by atoms with Crippen molar-refractivity contribution in [2.75, 3.05) is 27.2 Å². The number of carbonyl (C=O) groups excluding carboxylic acids is 2. The fraction of sp³-hybridized carbons (Fsp3) is 0.846. The summed E-state index contributed by atoms with van der Waals surface area (Å²) < 4.78 is 0. The van der Waals surface area contributed by atoms with E-state index in [1.807, 2.05) is 0 Å². The van der Waals surface area contributed by atoms with E-state index in [9.17, 15) is 9.59 Å². The Morgan fingerprint density at radius 1 is 1.21 bits per heavy atom. The lowest BCUT2D eigenvalue weighted by molar-refractivity contribution is -0.126. The van der Waals surface area contributed by atoms with Crippen LogP contribution in [-0.2, 0) is 4.79 Å². The maximum Gasteiger partial charge on any atom is 0.316 e. The number of nitrogens with zero attached hydrogens (tertiary/aromatic N) is 1. The van der Waals surface area contributed by atoms with Gasteiger partial charge in [-0.3, -0.25) is 4.79 Å². The standard InChI is InChI=1S/C13H26N4O2/c1-9-8-10(4-5-11(9)14)12(18)15-6-7-16-13(19)17(2)3/h9-11H,4-8,14H2,1-3H3,(H,15,18)(H,16,19). The lowest BCUT2D eigenvalue weighted by Crippen LogP contribution is -2.43. The minimum Gasteiger partial charge on any atom is -0.354 e. The molecule has 3 unspecified atom stereocenters. The Labute approximate surface area is 115 Å². The van der Waals surface area contributed by atoms with Gasteiger partial charge in [0, 0.05) is 39.1 Å². The Balaban J connectivity index is 2.19. The third-order valence-electron chi connectivity index (χ3n) is 3.71. The maximum absolute atomic E-state index is 12.0. The van der Waals surface area contributed by atoms with Crippen LogP contribution in [0.1, 0.15) is 26.2 Å². The Morgan fingerprint density at radius 3 is 2.42 bits per heavy atom. The first-order valence-electron chi connectivity index (χ1n) is 6.90. The molecule has 1 rings (SSSR count). The minimum atomic E-state index is -0.147. The van der Waals surface area contributed by atoms with Gasteiger partial charge in [0.15, 0.2) is 0 Å². The highest BCUT2D eigenvalue weighted by Crippen LogP contribution is 2.27. The molecular formula is C13H26N4O2. The second-order valence-electron chi connectivity index (χ2n) is 5.57. The largest absolute Gasteiger partial charge is 0.354 e. The van der Waals surface area contributed by atoms with Gasteiger partial charge < -0.3 is 21.3 Å². The van der Waals surface area contributed by atoms with Gasteiger partial charge >= 0.3 is 6.03 Å². The molecule has 0 aromatic carbocycles. The van der Waals surface area contributed by atoms with Crippen LogP contribution >= 0.6 is 0 Å². The van der Waals surface area contributed by atoms with Crippen molar-refractivity contribution in [3.05, 3.63) is 0 Å². The zero-order chi connectivity index (χ0) is 14.4. The third kappa shape index (κ3) is 5.06. The lowest BCUT2D eigenvalue weighted by atomic mass is 9.79. The number of nitrogens with one attached hydrogen (secondary N) is 2. The van der Waals surface area contributed by atoms with Crippen LogP contribution in [0.4, 0.5) is 4.79 Å². The van der Waals surface area contributed by atoms with Crippen molar-refractivity contribution in [3.63, 3.8) is 0 Å². The molecule has 19 heavy (non-hydrogen) atoms. The first kappa shape index (κ1) is 15.8. The second-order valence-corrected chi connectivity index (χ2v) is 5.57. The van der Waals surface area contributed by atoms with Crippen molar-refractivity contribution in [3.8, 4) is 0 Å². The second kappa shape index (κ2) is 7.33. The quantitative estimate of drug-likeness (QED) is 0.635. The summed E-state index contributed by atoms with van der Waals surface area (Å²) in [6, 6.07) is 0.0786. The van der Waals surface area contributed by atoms with Crippen LogP contribution in [0.25, 0.3) is 0 Å². The predicted octanol–water partition coefficient (Wildman–Crippen LogP) is 0.137. The van der Waals surface area contributed by atoms with Crippen molar-refractivity contribution in [1.82, 2.24) is 15.5 Å². The van der Waals surface area contributed by atoms with E-state index in [1.165, 1.54) is 4.90 Å². The number of hydrogen-bond acceptors (Lipinski definition) is 3. The summed E-state index contributed by atoms with van der Waals surface area (Å²) in [6.45, 7) is 3.02. The minimum absolute atomic E-state index is 0.0688. The fourth-order valence-electron chi connectivity index (χ4n) is 2.32. The van der Waals surface area contributed by atoms with Crippen LogP contribution in [0.15, 0.2) is 0 Å². The van der Waals surface area contributed by atoms with Crippen molar-refractivity contribution >= 4 is 11.9 Å². The molecule has 4 N–H and O–H groups in total. The van der Waals surface area contributed by atoms with Crippen molar-refractivity contribution in [1.29, 1.82) is 0 Å². The normalized spacial score (nSPS) is 26.6. The summed E-state index contributed by atoms with van der Waals surface area (Å²) in [5.41, 5.74) is 5.94. The molecule has 1 saturated carbocycles. The van der Waals surface area contributed by atoms with E-state index in [0.717, 1.165) is 19.3 Å². The summed E-state index contributed by atoms with van der Waals surface area (Å²) in [4.78, 5) is 24.7. The van der Waals surface area contributed by atoms with Crippen LogP contribution in [0.3, 0.4) is 0 Å². The Hall–Kier alpha value is -1.30. The van der Waals surface area contributed by atoms with Crippen LogP contribution in [0.5, 0.6) is 0 Å². The molecule has 3 amide bonds. The fourth-order valence-corrected chi connectivity index (χ4v) is 2.32. The monoisotopic (exact) mass is 270 g/mol. The number of hydrogen-bond donors (Lipinski definition) is 3. The van der Waals surface area contributed by atoms with Gasteiger partial charge in [-0.25, -0.2) is 4.79 Å². The van der Waals surface area contributed by atoms with Crippen molar-refractivity contribution in [2.24, 2.45) is 17.6 Å². The zero-order valence-electron chi connectivity index (χ0n) is 12.1.